The first-order valence-electron chi connectivity index (χ1n) is 8.69. The summed E-state index contributed by atoms with van der Waals surface area (Å²) in [7, 11) is 1.53. The Balaban J connectivity index is 1.96. The number of carboxylic acids is 1. The molecule has 0 spiro atoms. The van der Waals surface area contributed by atoms with Gasteiger partial charge in [0.15, 0.2) is 0 Å². The monoisotopic (exact) mass is 359 g/mol. The summed E-state index contributed by atoms with van der Waals surface area (Å²) in [6.07, 6.45) is 4.77. The first-order chi connectivity index (χ1) is 12.4. The molecule has 2 aromatic rings. The van der Waals surface area contributed by atoms with Gasteiger partial charge >= 0.3 is 5.97 Å². The number of carbonyl (C=O) groups excluding carboxylic acids is 1. The molecule has 1 aromatic carbocycles. The Bertz CT molecular complexity index is 840. The van der Waals surface area contributed by atoms with Crippen molar-refractivity contribution in [1.29, 1.82) is 0 Å². The van der Waals surface area contributed by atoms with Crippen LogP contribution in [-0.2, 0) is 4.79 Å². The van der Waals surface area contributed by atoms with Crippen LogP contribution in [0.25, 0.3) is 5.69 Å². The van der Waals surface area contributed by atoms with E-state index in [1.165, 1.54) is 28.9 Å². The van der Waals surface area contributed by atoms with E-state index in [0.717, 1.165) is 19.3 Å². The predicted molar refractivity (Wildman–Crippen MR) is 93.8 cm³/mol. The molecule has 26 heavy (non-hydrogen) atoms. The van der Waals surface area contributed by atoms with Crippen molar-refractivity contribution in [3.63, 3.8) is 0 Å². The van der Waals surface area contributed by atoms with Crippen molar-refractivity contribution in [3.05, 3.63) is 47.5 Å². The summed E-state index contributed by atoms with van der Waals surface area (Å²) >= 11 is 0. The van der Waals surface area contributed by atoms with Crippen molar-refractivity contribution < 1.29 is 19.1 Å². The number of amides is 1. The van der Waals surface area contributed by atoms with Crippen molar-refractivity contribution in [3.8, 4) is 5.69 Å². The van der Waals surface area contributed by atoms with Gasteiger partial charge in [0.25, 0.3) is 5.91 Å². The lowest BCUT2D eigenvalue weighted by Crippen LogP contribution is -2.56. The minimum Gasteiger partial charge on any atom is -0.479 e. The molecule has 0 radical (unpaired) electrons. The van der Waals surface area contributed by atoms with Crippen LogP contribution in [0, 0.1) is 12.7 Å². The van der Waals surface area contributed by atoms with Gasteiger partial charge in [-0.2, -0.15) is 5.10 Å². The molecule has 1 saturated carbocycles. The van der Waals surface area contributed by atoms with Gasteiger partial charge in [0.05, 0.1) is 17.5 Å². The third-order valence-corrected chi connectivity index (χ3v) is 5.35. The number of carboxylic acid groups (broad SMARTS) is 1. The fourth-order valence-electron chi connectivity index (χ4n) is 3.69. The fourth-order valence-corrected chi connectivity index (χ4v) is 3.69. The molecule has 1 aliphatic rings. The van der Waals surface area contributed by atoms with Gasteiger partial charge in [0, 0.05) is 7.05 Å². The number of carbonyl (C=O) groups is 2. The van der Waals surface area contributed by atoms with Gasteiger partial charge in [-0.3, -0.25) is 4.79 Å². The maximum atomic E-state index is 14.0. The molecule has 1 fully saturated rings. The molecule has 0 atom stereocenters. The molecule has 0 unspecified atom stereocenters. The largest absolute Gasteiger partial charge is 0.479 e. The van der Waals surface area contributed by atoms with Crippen LogP contribution in [0.15, 0.2) is 30.5 Å². The van der Waals surface area contributed by atoms with Crippen molar-refractivity contribution in [2.75, 3.05) is 7.05 Å². The maximum absolute atomic E-state index is 14.0. The molecule has 6 nitrogen and oxygen atoms in total. The minimum atomic E-state index is -1.19. The SMILES string of the molecule is Cc1c(C(=O)N(C)C2(C(=O)O)CCCCC2)cnn1-c1ccccc1F. The third kappa shape index (κ3) is 2.87. The zero-order valence-corrected chi connectivity index (χ0v) is 14.9. The summed E-state index contributed by atoms with van der Waals surface area (Å²) < 4.78 is 15.4. The van der Waals surface area contributed by atoms with Gasteiger partial charge in [0.1, 0.15) is 17.0 Å². The second-order valence-electron chi connectivity index (χ2n) is 6.77. The highest BCUT2D eigenvalue weighted by atomic mass is 19.1. The van der Waals surface area contributed by atoms with E-state index in [-0.39, 0.29) is 11.3 Å². The molecule has 1 N–H and O–H groups in total. The van der Waals surface area contributed by atoms with E-state index in [2.05, 4.69) is 5.10 Å². The fraction of sp³-hybridized carbons (Fsp3) is 0.421. The summed E-state index contributed by atoms with van der Waals surface area (Å²) in [6.45, 7) is 1.68. The van der Waals surface area contributed by atoms with Gasteiger partial charge in [-0.15, -0.1) is 0 Å². The number of benzene rings is 1. The second-order valence-corrected chi connectivity index (χ2v) is 6.77. The van der Waals surface area contributed by atoms with Gasteiger partial charge in [-0.05, 0) is 31.9 Å². The Hall–Kier alpha value is -2.70. The van der Waals surface area contributed by atoms with Crippen LogP contribution in [0.2, 0.25) is 0 Å². The van der Waals surface area contributed by atoms with Gasteiger partial charge in [-0.1, -0.05) is 31.4 Å². The maximum Gasteiger partial charge on any atom is 0.329 e. The van der Waals surface area contributed by atoms with Crippen LogP contribution in [0.3, 0.4) is 0 Å². The van der Waals surface area contributed by atoms with E-state index in [1.54, 1.807) is 25.1 Å². The summed E-state index contributed by atoms with van der Waals surface area (Å²) in [5, 5.41) is 13.9. The number of hydrogen-bond acceptors (Lipinski definition) is 3. The Kier molecular flexibility index (Phi) is 4.80. The first-order valence-corrected chi connectivity index (χ1v) is 8.69. The highest BCUT2D eigenvalue weighted by Crippen LogP contribution is 2.34. The lowest BCUT2D eigenvalue weighted by molar-refractivity contribution is -0.151. The number of halogens is 1. The molecule has 1 aromatic heterocycles. The topological polar surface area (TPSA) is 75.4 Å². The molecule has 7 heteroatoms. The number of hydrogen-bond donors (Lipinski definition) is 1. The molecular weight excluding hydrogens is 337 g/mol. The molecule has 0 bridgehead atoms. The number of aliphatic carboxylic acids is 1. The van der Waals surface area contributed by atoms with Crippen LogP contribution in [0.5, 0.6) is 0 Å². The lowest BCUT2D eigenvalue weighted by atomic mass is 9.80. The van der Waals surface area contributed by atoms with Crippen LogP contribution >= 0.6 is 0 Å². The number of para-hydroxylation sites is 1. The summed E-state index contributed by atoms with van der Waals surface area (Å²) in [4.78, 5) is 26.3. The average Bonchev–Trinajstić information content (AvgIpc) is 3.02. The van der Waals surface area contributed by atoms with Crippen molar-refractivity contribution in [1.82, 2.24) is 14.7 Å². The van der Waals surface area contributed by atoms with E-state index >= 15 is 0 Å². The summed E-state index contributed by atoms with van der Waals surface area (Å²) in [5.74, 6) is -1.83. The molecule has 0 aliphatic heterocycles. The van der Waals surface area contributed by atoms with Crippen molar-refractivity contribution in [2.24, 2.45) is 0 Å². The summed E-state index contributed by atoms with van der Waals surface area (Å²) in [6, 6.07) is 6.17. The Morgan fingerprint density at radius 2 is 1.88 bits per heavy atom. The molecule has 0 saturated heterocycles. The molecule has 3 rings (SSSR count). The first kappa shape index (κ1) is 18.1. The number of nitrogens with zero attached hydrogens (tertiary/aromatic N) is 3. The average molecular weight is 359 g/mol. The quantitative estimate of drug-likeness (QED) is 0.910. The Morgan fingerprint density at radius 1 is 1.23 bits per heavy atom. The standard InChI is InChI=1S/C19H22FN3O3/c1-13-14(12-21-23(13)16-9-5-4-8-15(16)20)17(24)22(2)19(18(25)26)10-6-3-7-11-19/h4-5,8-9,12H,3,6-7,10-11H2,1-2H3,(H,25,26). The van der Waals surface area contributed by atoms with E-state index in [1.807, 2.05) is 0 Å². The van der Waals surface area contributed by atoms with Gasteiger partial charge in [0.2, 0.25) is 0 Å². The number of aromatic nitrogens is 2. The second kappa shape index (κ2) is 6.90. The minimum absolute atomic E-state index is 0.248. The van der Waals surface area contributed by atoms with E-state index < -0.39 is 23.2 Å². The van der Waals surface area contributed by atoms with E-state index in [0.29, 0.717) is 18.5 Å². The number of rotatable bonds is 4. The highest BCUT2D eigenvalue weighted by Gasteiger charge is 2.46. The highest BCUT2D eigenvalue weighted by molar-refractivity contribution is 5.98. The van der Waals surface area contributed by atoms with Crippen molar-refractivity contribution >= 4 is 11.9 Å². The zero-order chi connectivity index (χ0) is 18.9. The molecule has 138 valence electrons. The van der Waals surface area contributed by atoms with Gasteiger partial charge < -0.3 is 10.0 Å². The molecule has 1 aliphatic carbocycles. The predicted octanol–water partition coefficient (Wildman–Crippen LogP) is 3.18. The van der Waals surface area contributed by atoms with Crippen LogP contribution in [0.1, 0.15) is 48.2 Å². The third-order valence-electron chi connectivity index (χ3n) is 5.35. The Labute approximate surface area is 151 Å². The smallest absolute Gasteiger partial charge is 0.329 e. The van der Waals surface area contributed by atoms with Crippen LogP contribution in [-0.4, -0.2) is 44.3 Å². The number of likely N-dealkylation sites (N-methyl/N-ethyl adjacent to an activating group) is 1. The lowest BCUT2D eigenvalue weighted by Gasteiger charge is -2.40. The van der Waals surface area contributed by atoms with Crippen molar-refractivity contribution in [2.45, 2.75) is 44.6 Å². The van der Waals surface area contributed by atoms with E-state index in [4.69, 9.17) is 0 Å². The van der Waals surface area contributed by atoms with E-state index in [9.17, 15) is 19.1 Å². The van der Waals surface area contributed by atoms with Crippen LogP contribution < -0.4 is 0 Å². The molecular formula is C19H22FN3O3. The van der Waals surface area contributed by atoms with Gasteiger partial charge in [-0.25, -0.2) is 13.9 Å². The summed E-state index contributed by atoms with van der Waals surface area (Å²) in [5.41, 5.74) is -0.190. The Morgan fingerprint density at radius 3 is 2.50 bits per heavy atom. The molecule has 1 amide bonds. The van der Waals surface area contributed by atoms with Crippen LogP contribution in [0.4, 0.5) is 4.39 Å². The normalized spacial score (nSPS) is 16.3. The zero-order valence-electron chi connectivity index (χ0n) is 14.9. The molecule has 1 heterocycles.